The minimum absolute atomic E-state index is 0.0464. The van der Waals surface area contributed by atoms with Crippen LogP contribution >= 0.6 is 6.89 Å². The summed E-state index contributed by atoms with van der Waals surface area (Å²) in [4.78, 5) is 13.4. The summed E-state index contributed by atoms with van der Waals surface area (Å²) in [5.41, 5.74) is 0. The molecule has 0 saturated carbocycles. The van der Waals surface area contributed by atoms with Crippen molar-refractivity contribution in [1.29, 1.82) is 5.26 Å². The van der Waals surface area contributed by atoms with E-state index in [0.717, 1.165) is 15.9 Å². The Morgan fingerprint density at radius 2 is 1.18 bits per heavy atom. The second-order valence-electron chi connectivity index (χ2n) is 6.81. The van der Waals surface area contributed by atoms with Crippen molar-refractivity contribution in [3.63, 3.8) is 0 Å². The third kappa shape index (κ3) is 3.47. The molecule has 0 aliphatic heterocycles. The molecule has 140 valence electrons. The van der Waals surface area contributed by atoms with Crippen molar-refractivity contribution in [2.45, 2.75) is 20.3 Å². The van der Waals surface area contributed by atoms with Gasteiger partial charge in [-0.3, -0.25) is 4.79 Å². The van der Waals surface area contributed by atoms with Crippen molar-refractivity contribution in [2.75, 3.05) is 0 Å². The van der Waals surface area contributed by atoms with Crippen molar-refractivity contribution in [1.82, 2.24) is 0 Å². The molecule has 0 aliphatic carbocycles. The molecule has 0 radical (unpaired) electrons. The number of Topliss-reactive ketones (excluding diaryl/α,β-unsaturated/α-hetero) is 1. The van der Waals surface area contributed by atoms with Crippen LogP contribution in [0.5, 0.6) is 0 Å². The molecule has 28 heavy (non-hydrogen) atoms. The monoisotopic (exact) mass is 385 g/mol. The molecule has 0 unspecified atom stereocenters. The predicted molar refractivity (Wildman–Crippen MR) is 120 cm³/mol. The fourth-order valence-corrected chi connectivity index (χ4v) is 7.73. The van der Waals surface area contributed by atoms with Gasteiger partial charge in [0.05, 0.1) is 0 Å². The van der Waals surface area contributed by atoms with E-state index in [-0.39, 0.29) is 11.7 Å². The first-order valence-electron chi connectivity index (χ1n) is 9.54. The topological polar surface area (TPSA) is 40.9 Å². The molecule has 3 aromatic carbocycles. The molecule has 0 N–H and O–H groups in total. The molecule has 3 aromatic rings. The molecule has 0 bridgehead atoms. The fraction of sp³-hybridized carbons (Fsp3) is 0.160. The average Bonchev–Trinajstić information content (AvgIpc) is 2.78. The van der Waals surface area contributed by atoms with Gasteiger partial charge in [0.15, 0.2) is 5.78 Å². The Labute approximate surface area is 167 Å². The van der Waals surface area contributed by atoms with Crippen LogP contribution < -0.4 is 15.9 Å². The normalized spacial score (nSPS) is 12.0. The Balaban J connectivity index is 2.57. The minimum Gasteiger partial charge on any atom is -0.293 e. The summed E-state index contributed by atoms with van der Waals surface area (Å²) in [6.45, 7) is 1.32. The molecule has 1 atom stereocenters. The summed E-state index contributed by atoms with van der Waals surface area (Å²) in [7, 11) is 0. The highest BCUT2D eigenvalue weighted by Crippen LogP contribution is 2.46. The summed E-state index contributed by atoms with van der Waals surface area (Å²) in [6, 6.07) is 32.5. The lowest BCUT2D eigenvalue weighted by Crippen LogP contribution is -2.34. The summed E-state index contributed by atoms with van der Waals surface area (Å²) in [6.07, 6.45) is 0.711. The summed E-state index contributed by atoms with van der Waals surface area (Å²) in [5, 5.41) is 13.7. The van der Waals surface area contributed by atoms with Gasteiger partial charge in [-0.25, -0.2) is 0 Å². The maximum atomic E-state index is 13.4. The van der Waals surface area contributed by atoms with Gasteiger partial charge in [-0.1, -0.05) is 105 Å². The van der Waals surface area contributed by atoms with Gasteiger partial charge in [-0.05, 0) is 29.2 Å². The number of ketones is 1. The van der Waals surface area contributed by atoms with Crippen molar-refractivity contribution in [3.8, 4) is 6.07 Å². The van der Waals surface area contributed by atoms with E-state index in [0.29, 0.717) is 11.7 Å². The van der Waals surface area contributed by atoms with Crippen molar-refractivity contribution in [2.24, 2.45) is 5.92 Å². The Morgan fingerprint density at radius 1 is 0.821 bits per heavy atom. The minimum atomic E-state index is -2.58. The van der Waals surface area contributed by atoms with E-state index in [1.54, 1.807) is 0 Å². The van der Waals surface area contributed by atoms with E-state index >= 15 is 0 Å². The fourth-order valence-electron chi connectivity index (χ4n) is 3.50. The van der Waals surface area contributed by atoms with Crippen LogP contribution in [0.2, 0.25) is 0 Å². The number of benzene rings is 3. The van der Waals surface area contributed by atoms with E-state index in [1.807, 2.05) is 68.4 Å². The van der Waals surface area contributed by atoms with Gasteiger partial charge in [0.1, 0.15) is 11.4 Å². The van der Waals surface area contributed by atoms with Crippen molar-refractivity contribution >= 4 is 33.9 Å². The molecule has 0 amide bonds. The smallest absolute Gasteiger partial charge is 0.177 e. The molecule has 0 aromatic heterocycles. The standard InChI is InChI=1S/C25H24NOP/c1-3-20(2)25(27)24(19-26)28(21-13-7-4-8-14-21,22-15-9-5-10-16-22)23-17-11-6-12-18-23/h4-18,20H,3H2,1-2H3/t20-/m0/s1. The van der Waals surface area contributed by atoms with Gasteiger partial charge in [0, 0.05) is 5.92 Å². The van der Waals surface area contributed by atoms with Crippen LogP contribution in [0, 0.1) is 17.2 Å². The zero-order valence-corrected chi connectivity index (χ0v) is 17.1. The maximum Gasteiger partial charge on any atom is 0.177 e. The van der Waals surface area contributed by atoms with Crippen LogP contribution in [-0.2, 0) is 4.79 Å². The lowest BCUT2D eigenvalue weighted by Gasteiger charge is -2.30. The highest BCUT2D eigenvalue weighted by molar-refractivity contribution is 7.96. The van der Waals surface area contributed by atoms with E-state index in [2.05, 4.69) is 42.5 Å². The van der Waals surface area contributed by atoms with E-state index in [1.165, 1.54) is 0 Å². The van der Waals surface area contributed by atoms with E-state index in [9.17, 15) is 10.1 Å². The largest absolute Gasteiger partial charge is 0.293 e. The average molecular weight is 385 g/mol. The molecule has 3 rings (SSSR count). The van der Waals surface area contributed by atoms with Gasteiger partial charge in [0.25, 0.3) is 0 Å². The second-order valence-corrected chi connectivity index (χ2v) is 10.1. The zero-order chi connectivity index (χ0) is 20.0. The molecular weight excluding hydrogens is 361 g/mol. The van der Waals surface area contributed by atoms with Crippen LogP contribution in [0.15, 0.2) is 91.0 Å². The van der Waals surface area contributed by atoms with Crippen LogP contribution in [-0.4, -0.2) is 11.1 Å². The lowest BCUT2D eigenvalue weighted by molar-refractivity contribution is -0.115. The number of rotatable bonds is 6. The maximum absolute atomic E-state index is 13.4. The molecule has 0 aliphatic rings. The molecule has 0 heterocycles. The zero-order valence-electron chi connectivity index (χ0n) is 16.2. The van der Waals surface area contributed by atoms with E-state index in [4.69, 9.17) is 0 Å². The van der Waals surface area contributed by atoms with Crippen LogP contribution in [0.1, 0.15) is 20.3 Å². The Hall–Kier alpha value is -2.88. The summed E-state index contributed by atoms with van der Waals surface area (Å²) in [5.74, 6) is -0.236. The number of carbonyl (C=O) groups is 1. The van der Waals surface area contributed by atoms with E-state index < -0.39 is 6.89 Å². The number of nitrogens with zero attached hydrogens (tertiary/aromatic N) is 1. The van der Waals surface area contributed by atoms with Gasteiger partial charge in [-0.15, -0.1) is 0 Å². The molecular formula is C25H24NOP. The number of hydrogen-bond donors (Lipinski definition) is 0. The first-order valence-corrected chi connectivity index (χ1v) is 11.3. The van der Waals surface area contributed by atoms with Gasteiger partial charge in [0.2, 0.25) is 0 Å². The van der Waals surface area contributed by atoms with Crippen LogP contribution in [0.4, 0.5) is 0 Å². The summed E-state index contributed by atoms with van der Waals surface area (Å²) < 4.78 is 0. The molecule has 2 nitrogen and oxygen atoms in total. The molecule has 0 fully saturated rings. The summed E-state index contributed by atoms with van der Waals surface area (Å²) >= 11 is 0. The quantitative estimate of drug-likeness (QED) is 0.594. The molecule has 3 heteroatoms. The molecule has 0 spiro atoms. The third-order valence-corrected chi connectivity index (χ3v) is 9.37. The number of nitriles is 1. The SMILES string of the molecule is CC[C@H](C)C(=O)C(C#N)=P(c1ccccc1)(c1ccccc1)c1ccccc1. The molecule has 0 saturated heterocycles. The van der Waals surface area contributed by atoms with Crippen LogP contribution in [0.25, 0.3) is 0 Å². The van der Waals surface area contributed by atoms with Gasteiger partial charge in [-0.2, -0.15) is 5.26 Å². The number of hydrogen-bond acceptors (Lipinski definition) is 2. The first-order chi connectivity index (χ1) is 13.7. The highest BCUT2D eigenvalue weighted by atomic mass is 31.2. The Morgan fingerprint density at radius 3 is 1.46 bits per heavy atom. The highest BCUT2D eigenvalue weighted by Gasteiger charge is 2.34. The lowest BCUT2D eigenvalue weighted by atomic mass is 10.0. The number of carbonyl (C=O) groups excluding carboxylic acids is 1. The van der Waals surface area contributed by atoms with Crippen LogP contribution in [0.3, 0.4) is 0 Å². The van der Waals surface area contributed by atoms with Gasteiger partial charge >= 0.3 is 0 Å². The van der Waals surface area contributed by atoms with Crippen molar-refractivity contribution < 1.29 is 4.79 Å². The van der Waals surface area contributed by atoms with Crippen molar-refractivity contribution in [3.05, 3.63) is 91.0 Å². The van der Waals surface area contributed by atoms with Gasteiger partial charge < -0.3 is 0 Å². The third-order valence-electron chi connectivity index (χ3n) is 5.17. The second kappa shape index (κ2) is 8.87. The Kier molecular flexibility index (Phi) is 6.30. The Bertz CT molecular complexity index is 931. The first kappa shape index (κ1) is 19.9. The predicted octanol–water partition coefficient (Wildman–Crippen LogP) is 4.29.